The Morgan fingerprint density at radius 1 is 1.33 bits per heavy atom. The van der Waals surface area contributed by atoms with Gasteiger partial charge in [-0.15, -0.1) is 0 Å². The second-order valence-electron chi connectivity index (χ2n) is 4.26. The van der Waals surface area contributed by atoms with Gasteiger partial charge < -0.3 is 9.84 Å². The molecule has 0 aliphatic heterocycles. The molecule has 0 aliphatic carbocycles. The van der Waals surface area contributed by atoms with Crippen LogP contribution in [0.25, 0.3) is 0 Å². The van der Waals surface area contributed by atoms with E-state index in [1.54, 1.807) is 6.92 Å². The molecule has 0 amide bonds. The third-order valence-electron chi connectivity index (χ3n) is 3.03. The molecule has 0 aromatic carbocycles. The Morgan fingerprint density at radius 2 is 1.87 bits per heavy atom. The van der Waals surface area contributed by atoms with E-state index in [0.717, 1.165) is 6.42 Å². The summed E-state index contributed by atoms with van der Waals surface area (Å²) < 4.78 is 4.94. The number of rotatable bonds is 6. The lowest BCUT2D eigenvalue weighted by Gasteiger charge is -2.35. The van der Waals surface area contributed by atoms with E-state index in [4.69, 9.17) is 4.74 Å². The van der Waals surface area contributed by atoms with Crippen molar-refractivity contribution in [3.63, 3.8) is 0 Å². The van der Waals surface area contributed by atoms with Crippen molar-refractivity contribution in [3.8, 4) is 0 Å². The van der Waals surface area contributed by atoms with E-state index >= 15 is 0 Å². The molecule has 0 saturated heterocycles. The zero-order valence-electron chi connectivity index (χ0n) is 10.5. The summed E-state index contributed by atoms with van der Waals surface area (Å²) in [6.07, 6.45) is 1.18. The first kappa shape index (κ1) is 14.4. The van der Waals surface area contributed by atoms with E-state index in [0.29, 0.717) is 13.0 Å². The first-order chi connectivity index (χ1) is 6.93. The quantitative estimate of drug-likeness (QED) is 0.693. The summed E-state index contributed by atoms with van der Waals surface area (Å²) in [4.78, 5) is 11.7. The molecule has 0 rings (SSSR count). The van der Waals surface area contributed by atoms with Crippen molar-refractivity contribution in [1.29, 1.82) is 0 Å². The highest BCUT2D eigenvalue weighted by molar-refractivity contribution is 5.79. The largest absolute Gasteiger partial charge is 0.464 e. The summed E-state index contributed by atoms with van der Waals surface area (Å²) in [5.41, 5.74) is -1.32. The molecule has 1 N–H and O–H groups in total. The number of carbonyl (C=O) groups excluding carboxylic acids is 1. The van der Waals surface area contributed by atoms with Gasteiger partial charge in [0.25, 0.3) is 0 Å². The van der Waals surface area contributed by atoms with Crippen molar-refractivity contribution in [2.75, 3.05) is 6.61 Å². The molecule has 0 fully saturated rings. The summed E-state index contributed by atoms with van der Waals surface area (Å²) in [6.45, 7) is 9.93. The second kappa shape index (κ2) is 6.11. The molecule has 0 spiro atoms. The number of hydrogen-bond donors (Lipinski definition) is 1. The average Bonchev–Trinajstić information content (AvgIpc) is 2.18. The summed E-state index contributed by atoms with van der Waals surface area (Å²) in [6, 6.07) is 0. The Morgan fingerprint density at radius 3 is 2.13 bits per heavy atom. The van der Waals surface area contributed by atoms with Crippen LogP contribution in [0.1, 0.15) is 47.5 Å². The molecule has 2 atom stereocenters. The molecule has 3 heteroatoms. The van der Waals surface area contributed by atoms with E-state index in [-0.39, 0.29) is 11.8 Å². The maximum absolute atomic E-state index is 11.7. The molecule has 0 heterocycles. The number of hydrogen-bond acceptors (Lipinski definition) is 3. The fourth-order valence-corrected chi connectivity index (χ4v) is 2.17. The fourth-order valence-electron chi connectivity index (χ4n) is 2.17. The van der Waals surface area contributed by atoms with Crippen LogP contribution in [0, 0.1) is 11.8 Å². The maximum Gasteiger partial charge on any atom is 0.338 e. The van der Waals surface area contributed by atoms with Crippen LogP contribution in [0.5, 0.6) is 0 Å². The van der Waals surface area contributed by atoms with Crippen LogP contribution < -0.4 is 0 Å². The molecule has 15 heavy (non-hydrogen) atoms. The highest BCUT2D eigenvalue weighted by Crippen LogP contribution is 2.32. The van der Waals surface area contributed by atoms with Gasteiger partial charge in [0.2, 0.25) is 0 Å². The Balaban J connectivity index is 4.87. The van der Waals surface area contributed by atoms with Crippen molar-refractivity contribution in [1.82, 2.24) is 0 Å². The van der Waals surface area contributed by atoms with Gasteiger partial charge in [-0.05, 0) is 25.7 Å². The first-order valence-corrected chi connectivity index (χ1v) is 5.83. The SMILES string of the molecule is CCOC(=O)C(O)(CC)C(CC)C(C)C. The Labute approximate surface area is 92.8 Å². The van der Waals surface area contributed by atoms with E-state index in [2.05, 4.69) is 0 Å². The van der Waals surface area contributed by atoms with Crippen molar-refractivity contribution in [2.24, 2.45) is 11.8 Å². The van der Waals surface area contributed by atoms with Crippen LogP contribution in [0.2, 0.25) is 0 Å². The number of aliphatic hydroxyl groups is 1. The molecular weight excluding hydrogens is 192 g/mol. The lowest BCUT2D eigenvalue weighted by molar-refractivity contribution is -0.174. The lowest BCUT2D eigenvalue weighted by Crippen LogP contribution is -2.48. The van der Waals surface area contributed by atoms with Gasteiger partial charge in [-0.25, -0.2) is 4.79 Å². The van der Waals surface area contributed by atoms with Gasteiger partial charge in [0, 0.05) is 5.92 Å². The maximum atomic E-state index is 11.7. The lowest BCUT2D eigenvalue weighted by atomic mass is 9.76. The molecule has 0 aromatic rings. The zero-order valence-corrected chi connectivity index (χ0v) is 10.5. The van der Waals surface area contributed by atoms with Gasteiger partial charge in [0.15, 0.2) is 5.60 Å². The van der Waals surface area contributed by atoms with E-state index < -0.39 is 11.6 Å². The average molecular weight is 216 g/mol. The monoisotopic (exact) mass is 216 g/mol. The highest BCUT2D eigenvalue weighted by Gasteiger charge is 2.43. The summed E-state index contributed by atoms with van der Waals surface area (Å²) in [5.74, 6) is -0.251. The molecule has 0 saturated carbocycles. The molecule has 0 aromatic heterocycles. The van der Waals surface area contributed by atoms with Crippen molar-refractivity contribution in [3.05, 3.63) is 0 Å². The van der Waals surface area contributed by atoms with Crippen molar-refractivity contribution >= 4 is 5.97 Å². The number of ether oxygens (including phenoxy) is 1. The minimum Gasteiger partial charge on any atom is -0.464 e. The van der Waals surface area contributed by atoms with Crippen LogP contribution in [0.15, 0.2) is 0 Å². The minimum absolute atomic E-state index is 0.0402. The third-order valence-corrected chi connectivity index (χ3v) is 3.03. The van der Waals surface area contributed by atoms with Gasteiger partial charge in [0.1, 0.15) is 0 Å². The smallest absolute Gasteiger partial charge is 0.338 e. The molecular formula is C12H24O3. The van der Waals surface area contributed by atoms with Crippen LogP contribution in [-0.2, 0) is 9.53 Å². The number of esters is 1. The third kappa shape index (κ3) is 3.20. The Kier molecular flexibility index (Phi) is 5.88. The minimum atomic E-state index is -1.32. The Hall–Kier alpha value is -0.570. The topological polar surface area (TPSA) is 46.5 Å². The van der Waals surface area contributed by atoms with E-state index in [1.807, 2.05) is 27.7 Å². The molecule has 0 radical (unpaired) electrons. The van der Waals surface area contributed by atoms with Crippen LogP contribution in [0.4, 0.5) is 0 Å². The molecule has 0 bridgehead atoms. The summed E-state index contributed by atoms with van der Waals surface area (Å²) in [7, 11) is 0. The Bertz CT molecular complexity index is 201. The summed E-state index contributed by atoms with van der Waals surface area (Å²) in [5, 5.41) is 10.4. The predicted octanol–water partition coefficient (Wildman–Crippen LogP) is 2.37. The van der Waals surface area contributed by atoms with Crippen LogP contribution >= 0.6 is 0 Å². The van der Waals surface area contributed by atoms with Crippen LogP contribution in [-0.4, -0.2) is 23.3 Å². The van der Waals surface area contributed by atoms with Gasteiger partial charge in [-0.3, -0.25) is 0 Å². The van der Waals surface area contributed by atoms with Gasteiger partial charge >= 0.3 is 5.97 Å². The van der Waals surface area contributed by atoms with E-state index in [1.165, 1.54) is 0 Å². The standard InChI is InChI=1S/C12H24O3/c1-6-10(9(4)5)12(14,7-2)11(13)15-8-3/h9-10,14H,6-8H2,1-5H3. The van der Waals surface area contributed by atoms with E-state index in [9.17, 15) is 9.90 Å². The first-order valence-electron chi connectivity index (χ1n) is 5.83. The van der Waals surface area contributed by atoms with Gasteiger partial charge in [0.05, 0.1) is 6.61 Å². The second-order valence-corrected chi connectivity index (χ2v) is 4.26. The molecule has 0 aliphatic rings. The molecule has 3 nitrogen and oxygen atoms in total. The molecule has 2 unspecified atom stereocenters. The normalized spacial score (nSPS) is 17.3. The van der Waals surface area contributed by atoms with Crippen molar-refractivity contribution < 1.29 is 14.6 Å². The van der Waals surface area contributed by atoms with Gasteiger partial charge in [-0.2, -0.15) is 0 Å². The van der Waals surface area contributed by atoms with Gasteiger partial charge in [-0.1, -0.05) is 27.7 Å². The molecule has 90 valence electrons. The summed E-state index contributed by atoms with van der Waals surface area (Å²) >= 11 is 0. The zero-order chi connectivity index (χ0) is 12.1. The number of carbonyl (C=O) groups is 1. The van der Waals surface area contributed by atoms with Crippen LogP contribution in [0.3, 0.4) is 0 Å². The fraction of sp³-hybridized carbons (Fsp3) is 0.917. The predicted molar refractivity (Wildman–Crippen MR) is 60.5 cm³/mol. The van der Waals surface area contributed by atoms with Crippen molar-refractivity contribution in [2.45, 2.75) is 53.1 Å². The highest BCUT2D eigenvalue weighted by atomic mass is 16.5.